The molecule has 1 N–H and O–H groups in total. The lowest BCUT2D eigenvalue weighted by atomic mass is 10.2. The molecule has 0 saturated carbocycles. The highest BCUT2D eigenvalue weighted by Gasteiger charge is 2.17. The Morgan fingerprint density at radius 2 is 2.05 bits per heavy atom. The van der Waals surface area contributed by atoms with E-state index in [0.29, 0.717) is 18.5 Å². The molecule has 2 rings (SSSR count). The van der Waals surface area contributed by atoms with Gasteiger partial charge in [-0.15, -0.1) is 0 Å². The van der Waals surface area contributed by atoms with Crippen molar-refractivity contribution in [2.45, 2.75) is 32.2 Å². The van der Waals surface area contributed by atoms with Crippen molar-refractivity contribution in [3.63, 3.8) is 0 Å². The standard InChI is InChI=1S/C12H20ClN5O/c1-9(5-8-19-2)14-11-15-10(13)16-12(17-11)18-6-3-4-7-18/h9H,3-8H2,1-2H3,(H,14,15,16,17). The van der Waals surface area contributed by atoms with Gasteiger partial charge in [-0.25, -0.2) is 0 Å². The third kappa shape index (κ3) is 4.18. The molecule has 19 heavy (non-hydrogen) atoms. The molecule has 0 amide bonds. The molecule has 1 aromatic rings. The molecule has 0 bridgehead atoms. The van der Waals surface area contributed by atoms with Crippen molar-refractivity contribution in [2.75, 3.05) is 37.0 Å². The van der Waals surface area contributed by atoms with Crippen LogP contribution in [0.4, 0.5) is 11.9 Å². The van der Waals surface area contributed by atoms with Crippen molar-refractivity contribution in [1.82, 2.24) is 15.0 Å². The summed E-state index contributed by atoms with van der Waals surface area (Å²) < 4.78 is 5.05. The summed E-state index contributed by atoms with van der Waals surface area (Å²) in [6.45, 7) is 4.73. The zero-order valence-corrected chi connectivity index (χ0v) is 12.2. The van der Waals surface area contributed by atoms with Crippen molar-refractivity contribution >= 4 is 23.5 Å². The van der Waals surface area contributed by atoms with Crippen LogP contribution in [0.25, 0.3) is 0 Å². The molecule has 1 atom stereocenters. The Morgan fingerprint density at radius 1 is 1.32 bits per heavy atom. The van der Waals surface area contributed by atoms with E-state index < -0.39 is 0 Å². The fraction of sp³-hybridized carbons (Fsp3) is 0.750. The number of anilines is 2. The van der Waals surface area contributed by atoms with Crippen LogP contribution in [0.1, 0.15) is 26.2 Å². The molecule has 0 radical (unpaired) electrons. The number of halogens is 1. The lowest BCUT2D eigenvalue weighted by molar-refractivity contribution is 0.191. The molecule has 7 heteroatoms. The van der Waals surface area contributed by atoms with E-state index in [-0.39, 0.29) is 11.3 Å². The predicted molar refractivity (Wildman–Crippen MR) is 75.9 cm³/mol. The van der Waals surface area contributed by atoms with Crippen LogP contribution in [-0.2, 0) is 4.74 Å². The van der Waals surface area contributed by atoms with Gasteiger partial charge in [-0.3, -0.25) is 0 Å². The Balaban J connectivity index is 2.03. The number of rotatable bonds is 6. The lowest BCUT2D eigenvalue weighted by Gasteiger charge is -2.17. The summed E-state index contributed by atoms with van der Waals surface area (Å²) in [5.41, 5.74) is 0. The van der Waals surface area contributed by atoms with Crippen molar-refractivity contribution < 1.29 is 4.74 Å². The highest BCUT2D eigenvalue weighted by Crippen LogP contribution is 2.19. The molecular formula is C12H20ClN5O. The normalized spacial score (nSPS) is 16.7. The number of nitrogens with zero attached hydrogens (tertiary/aromatic N) is 4. The van der Waals surface area contributed by atoms with E-state index in [2.05, 4.69) is 32.1 Å². The monoisotopic (exact) mass is 285 g/mol. The van der Waals surface area contributed by atoms with Gasteiger partial charge in [0.2, 0.25) is 17.2 Å². The number of nitrogens with one attached hydrogen (secondary N) is 1. The van der Waals surface area contributed by atoms with Crippen molar-refractivity contribution in [2.24, 2.45) is 0 Å². The van der Waals surface area contributed by atoms with Crippen molar-refractivity contribution in [1.29, 1.82) is 0 Å². The first-order chi connectivity index (χ1) is 9.19. The van der Waals surface area contributed by atoms with Crippen LogP contribution in [0.5, 0.6) is 0 Å². The van der Waals surface area contributed by atoms with E-state index in [4.69, 9.17) is 16.3 Å². The predicted octanol–water partition coefficient (Wildman–Crippen LogP) is 1.96. The van der Waals surface area contributed by atoms with Crippen LogP contribution >= 0.6 is 11.6 Å². The fourth-order valence-electron chi connectivity index (χ4n) is 2.05. The Hall–Kier alpha value is -1.14. The number of aromatic nitrogens is 3. The maximum atomic E-state index is 5.96. The second kappa shape index (κ2) is 6.86. The molecule has 0 aromatic carbocycles. The molecule has 1 aliphatic heterocycles. The van der Waals surface area contributed by atoms with E-state index in [1.165, 1.54) is 12.8 Å². The van der Waals surface area contributed by atoms with Gasteiger partial charge in [0.1, 0.15) is 0 Å². The Morgan fingerprint density at radius 3 is 2.74 bits per heavy atom. The smallest absolute Gasteiger partial charge is 0.231 e. The summed E-state index contributed by atoms with van der Waals surface area (Å²) in [7, 11) is 1.69. The first-order valence-electron chi connectivity index (χ1n) is 6.61. The molecule has 0 spiro atoms. The molecule has 1 unspecified atom stereocenters. The Labute approximate surface area is 118 Å². The summed E-state index contributed by atoms with van der Waals surface area (Å²) in [4.78, 5) is 14.9. The van der Waals surface area contributed by atoms with E-state index >= 15 is 0 Å². The molecule has 6 nitrogen and oxygen atoms in total. The van der Waals surface area contributed by atoms with Gasteiger partial charge in [0.25, 0.3) is 0 Å². The minimum atomic E-state index is 0.227. The maximum absolute atomic E-state index is 5.96. The van der Waals surface area contributed by atoms with E-state index in [9.17, 15) is 0 Å². The van der Waals surface area contributed by atoms with Crippen LogP contribution in [0.15, 0.2) is 0 Å². The highest BCUT2D eigenvalue weighted by atomic mass is 35.5. The Kier molecular flexibility index (Phi) is 5.15. The second-order valence-electron chi connectivity index (χ2n) is 4.75. The van der Waals surface area contributed by atoms with Crippen LogP contribution < -0.4 is 10.2 Å². The SMILES string of the molecule is COCCC(C)Nc1nc(Cl)nc(N2CCCC2)n1. The molecule has 1 fully saturated rings. The first-order valence-corrected chi connectivity index (χ1v) is 6.99. The maximum Gasteiger partial charge on any atom is 0.231 e. The topological polar surface area (TPSA) is 63.2 Å². The molecule has 0 aliphatic carbocycles. The molecule has 1 aromatic heterocycles. The highest BCUT2D eigenvalue weighted by molar-refractivity contribution is 6.28. The van der Waals surface area contributed by atoms with Gasteiger partial charge in [0, 0.05) is 32.8 Å². The minimum Gasteiger partial charge on any atom is -0.385 e. The van der Waals surface area contributed by atoms with Gasteiger partial charge < -0.3 is 15.0 Å². The summed E-state index contributed by atoms with van der Waals surface area (Å²) in [5.74, 6) is 1.20. The van der Waals surface area contributed by atoms with Crippen LogP contribution in [0.3, 0.4) is 0 Å². The van der Waals surface area contributed by atoms with Gasteiger partial charge in [-0.05, 0) is 37.8 Å². The number of ether oxygens (including phenoxy) is 1. The van der Waals surface area contributed by atoms with E-state index in [1.54, 1.807) is 7.11 Å². The quantitative estimate of drug-likeness (QED) is 0.862. The van der Waals surface area contributed by atoms with Gasteiger partial charge in [-0.2, -0.15) is 15.0 Å². The summed E-state index contributed by atoms with van der Waals surface area (Å²) >= 11 is 5.96. The second-order valence-corrected chi connectivity index (χ2v) is 5.09. The molecule has 2 heterocycles. The third-order valence-electron chi connectivity index (χ3n) is 3.12. The molecule has 106 valence electrons. The molecule has 1 aliphatic rings. The summed E-state index contributed by atoms with van der Waals surface area (Å²) in [5, 5.41) is 3.46. The van der Waals surface area contributed by atoms with Crippen LogP contribution in [0, 0.1) is 0 Å². The minimum absolute atomic E-state index is 0.227. The average molecular weight is 286 g/mol. The van der Waals surface area contributed by atoms with Crippen molar-refractivity contribution in [3.8, 4) is 0 Å². The van der Waals surface area contributed by atoms with Crippen molar-refractivity contribution in [3.05, 3.63) is 5.28 Å². The zero-order valence-electron chi connectivity index (χ0n) is 11.4. The van der Waals surface area contributed by atoms with Gasteiger partial charge in [0.15, 0.2) is 0 Å². The van der Waals surface area contributed by atoms with Crippen LogP contribution in [0.2, 0.25) is 5.28 Å². The fourth-order valence-corrected chi connectivity index (χ4v) is 2.21. The summed E-state index contributed by atoms with van der Waals surface area (Å²) in [6.07, 6.45) is 3.24. The average Bonchev–Trinajstić information content (AvgIpc) is 2.89. The zero-order chi connectivity index (χ0) is 13.7. The first kappa shape index (κ1) is 14.3. The van der Waals surface area contributed by atoms with E-state index in [1.807, 2.05) is 0 Å². The number of hydrogen-bond donors (Lipinski definition) is 1. The van der Waals surface area contributed by atoms with Gasteiger partial charge in [-0.1, -0.05) is 0 Å². The Bertz CT molecular complexity index is 411. The molecule has 1 saturated heterocycles. The number of methoxy groups -OCH3 is 1. The van der Waals surface area contributed by atoms with Crippen LogP contribution in [-0.4, -0.2) is 47.8 Å². The third-order valence-corrected chi connectivity index (χ3v) is 3.28. The summed E-state index contributed by atoms with van der Waals surface area (Å²) in [6, 6.07) is 0.227. The van der Waals surface area contributed by atoms with E-state index in [0.717, 1.165) is 19.5 Å². The molecular weight excluding hydrogens is 266 g/mol. The van der Waals surface area contributed by atoms with Gasteiger partial charge >= 0.3 is 0 Å². The largest absolute Gasteiger partial charge is 0.385 e. The number of hydrogen-bond acceptors (Lipinski definition) is 6. The lowest BCUT2D eigenvalue weighted by Crippen LogP contribution is -2.23. The van der Waals surface area contributed by atoms with Gasteiger partial charge in [0.05, 0.1) is 0 Å².